The van der Waals surface area contributed by atoms with Gasteiger partial charge in [0.25, 0.3) is 0 Å². The third-order valence-electron chi connectivity index (χ3n) is 3.44. The average molecular weight is 296 g/mol. The van der Waals surface area contributed by atoms with Gasteiger partial charge in [-0.3, -0.25) is 14.7 Å². The molecule has 22 heavy (non-hydrogen) atoms. The number of carbonyl (C=O) groups excluding carboxylic acids is 2. The van der Waals surface area contributed by atoms with Crippen LogP contribution in [0.5, 0.6) is 0 Å². The highest BCUT2D eigenvalue weighted by Gasteiger charge is 2.30. The molecule has 0 radical (unpaired) electrons. The first-order chi connectivity index (χ1) is 10.7. The Morgan fingerprint density at radius 3 is 2.68 bits per heavy atom. The summed E-state index contributed by atoms with van der Waals surface area (Å²) < 4.78 is 0. The van der Waals surface area contributed by atoms with E-state index in [0.717, 1.165) is 5.69 Å². The van der Waals surface area contributed by atoms with Crippen LogP contribution in [0.2, 0.25) is 0 Å². The number of amides is 3. The number of nitrogens with zero attached hydrogens (tertiary/aromatic N) is 3. The molecule has 2 aromatic rings. The van der Waals surface area contributed by atoms with Crippen LogP contribution in [0, 0.1) is 0 Å². The monoisotopic (exact) mass is 296 g/mol. The van der Waals surface area contributed by atoms with Gasteiger partial charge < -0.3 is 10.2 Å². The highest BCUT2D eigenvalue weighted by molar-refractivity contribution is 5.99. The minimum atomic E-state index is -0.226. The predicted octanol–water partition coefficient (Wildman–Crippen LogP) is 1.96. The number of rotatable bonds is 4. The quantitative estimate of drug-likeness (QED) is 0.938. The van der Waals surface area contributed by atoms with Gasteiger partial charge in [0, 0.05) is 25.0 Å². The summed E-state index contributed by atoms with van der Waals surface area (Å²) in [5, 5.41) is 2.73. The van der Waals surface area contributed by atoms with Crippen LogP contribution in [0.15, 0.2) is 54.9 Å². The van der Waals surface area contributed by atoms with Gasteiger partial charge in [-0.2, -0.15) is 0 Å². The van der Waals surface area contributed by atoms with Crippen molar-refractivity contribution in [3.63, 3.8) is 0 Å². The van der Waals surface area contributed by atoms with Crippen LogP contribution >= 0.6 is 0 Å². The minimum Gasteiger partial charge on any atom is -0.323 e. The number of hydrogen-bond acceptors (Lipinski definition) is 3. The zero-order valence-electron chi connectivity index (χ0n) is 12.0. The highest BCUT2D eigenvalue weighted by atomic mass is 16.2. The topological polar surface area (TPSA) is 65.5 Å². The summed E-state index contributed by atoms with van der Waals surface area (Å²) in [4.78, 5) is 31.5. The second-order valence-corrected chi connectivity index (χ2v) is 4.98. The van der Waals surface area contributed by atoms with Crippen LogP contribution in [-0.2, 0) is 4.79 Å². The van der Waals surface area contributed by atoms with Crippen LogP contribution in [0.25, 0.3) is 0 Å². The molecule has 1 N–H and O–H groups in total. The molecule has 0 saturated carbocycles. The molecule has 1 aliphatic rings. The molecule has 2 heterocycles. The summed E-state index contributed by atoms with van der Waals surface area (Å²) in [6, 6.07) is 12.8. The number of aromatic nitrogens is 1. The molecule has 6 nitrogen and oxygen atoms in total. The number of pyridine rings is 1. The van der Waals surface area contributed by atoms with Crippen molar-refractivity contribution in [3.05, 3.63) is 54.9 Å². The summed E-state index contributed by atoms with van der Waals surface area (Å²) in [5.41, 5.74) is 1.47. The summed E-state index contributed by atoms with van der Waals surface area (Å²) >= 11 is 0. The molecule has 3 amide bonds. The number of carbonyl (C=O) groups is 2. The molecule has 0 atom stereocenters. The van der Waals surface area contributed by atoms with E-state index in [0.29, 0.717) is 18.8 Å². The highest BCUT2D eigenvalue weighted by Crippen LogP contribution is 2.19. The van der Waals surface area contributed by atoms with Gasteiger partial charge in [0.05, 0.1) is 11.9 Å². The molecule has 3 rings (SSSR count). The standard InChI is InChI=1S/C16H16N4O2/c21-15(18-13-5-4-8-17-11-13)12-19-9-10-20(16(19)22)14-6-2-1-3-7-14/h1-8,11H,9-10,12H2,(H,18,21). The first kappa shape index (κ1) is 14.1. The fourth-order valence-corrected chi connectivity index (χ4v) is 2.39. The maximum absolute atomic E-state index is 12.4. The van der Waals surface area contributed by atoms with Crippen LogP contribution < -0.4 is 10.2 Å². The first-order valence-electron chi connectivity index (χ1n) is 7.05. The van der Waals surface area contributed by atoms with Crippen molar-refractivity contribution in [1.82, 2.24) is 9.88 Å². The molecule has 6 heteroatoms. The van der Waals surface area contributed by atoms with Gasteiger partial charge in [0.15, 0.2) is 0 Å². The van der Waals surface area contributed by atoms with Crippen molar-refractivity contribution in [2.75, 3.05) is 29.9 Å². The normalized spacial score (nSPS) is 14.3. The van der Waals surface area contributed by atoms with E-state index in [2.05, 4.69) is 10.3 Å². The van der Waals surface area contributed by atoms with E-state index >= 15 is 0 Å². The number of urea groups is 1. The second-order valence-electron chi connectivity index (χ2n) is 4.98. The van der Waals surface area contributed by atoms with Crippen molar-refractivity contribution < 1.29 is 9.59 Å². The van der Waals surface area contributed by atoms with Crippen molar-refractivity contribution in [3.8, 4) is 0 Å². The lowest BCUT2D eigenvalue weighted by molar-refractivity contribution is -0.116. The third kappa shape index (κ3) is 3.06. The lowest BCUT2D eigenvalue weighted by Gasteiger charge is -2.18. The Labute approximate surface area is 128 Å². The van der Waals surface area contributed by atoms with Crippen LogP contribution in [0.1, 0.15) is 0 Å². The van der Waals surface area contributed by atoms with Gasteiger partial charge >= 0.3 is 6.03 Å². The first-order valence-corrected chi connectivity index (χ1v) is 7.05. The van der Waals surface area contributed by atoms with Crippen molar-refractivity contribution in [2.45, 2.75) is 0 Å². The Morgan fingerprint density at radius 2 is 1.95 bits per heavy atom. The number of anilines is 2. The second kappa shape index (κ2) is 6.26. The number of para-hydroxylation sites is 1. The fourth-order valence-electron chi connectivity index (χ4n) is 2.39. The van der Waals surface area contributed by atoms with Gasteiger partial charge in [-0.1, -0.05) is 18.2 Å². The van der Waals surface area contributed by atoms with Crippen LogP contribution in [-0.4, -0.2) is 41.5 Å². The maximum atomic E-state index is 12.4. The van der Waals surface area contributed by atoms with E-state index in [1.807, 2.05) is 30.3 Å². The van der Waals surface area contributed by atoms with Gasteiger partial charge in [-0.25, -0.2) is 4.79 Å². The molecule has 1 aliphatic heterocycles. The largest absolute Gasteiger partial charge is 0.325 e. The lowest BCUT2D eigenvalue weighted by atomic mass is 10.3. The number of benzene rings is 1. The fraction of sp³-hybridized carbons (Fsp3) is 0.188. The number of nitrogens with one attached hydrogen (secondary N) is 1. The molecule has 0 unspecified atom stereocenters. The average Bonchev–Trinajstić information content (AvgIpc) is 2.90. The van der Waals surface area contributed by atoms with Crippen molar-refractivity contribution >= 4 is 23.3 Å². The van der Waals surface area contributed by atoms with E-state index in [4.69, 9.17) is 0 Å². The van der Waals surface area contributed by atoms with E-state index in [9.17, 15) is 9.59 Å². The Hall–Kier alpha value is -2.89. The van der Waals surface area contributed by atoms with Gasteiger partial charge in [-0.15, -0.1) is 0 Å². The molecule has 1 aromatic heterocycles. The SMILES string of the molecule is O=C(CN1CCN(c2ccccc2)C1=O)Nc1cccnc1. The minimum absolute atomic E-state index is 0.0388. The molecule has 0 bridgehead atoms. The Kier molecular flexibility index (Phi) is 4.00. The van der Waals surface area contributed by atoms with Gasteiger partial charge in [-0.05, 0) is 24.3 Å². The van der Waals surface area contributed by atoms with Crippen LogP contribution in [0.4, 0.5) is 16.2 Å². The van der Waals surface area contributed by atoms with E-state index in [1.54, 1.807) is 34.3 Å². The summed E-state index contributed by atoms with van der Waals surface area (Å²) in [6.07, 6.45) is 3.21. The third-order valence-corrected chi connectivity index (χ3v) is 3.44. The summed E-state index contributed by atoms with van der Waals surface area (Å²) in [5.74, 6) is -0.226. The molecular weight excluding hydrogens is 280 g/mol. The predicted molar refractivity (Wildman–Crippen MR) is 83.6 cm³/mol. The van der Waals surface area contributed by atoms with Gasteiger partial charge in [0.2, 0.25) is 5.91 Å². The maximum Gasteiger partial charge on any atom is 0.325 e. The lowest BCUT2D eigenvalue weighted by Crippen LogP contribution is -2.37. The summed E-state index contributed by atoms with van der Waals surface area (Å²) in [6.45, 7) is 1.16. The van der Waals surface area contributed by atoms with E-state index in [-0.39, 0.29) is 18.5 Å². The molecule has 0 spiro atoms. The Bertz CT molecular complexity index is 660. The van der Waals surface area contributed by atoms with Crippen LogP contribution in [0.3, 0.4) is 0 Å². The smallest absolute Gasteiger partial charge is 0.323 e. The van der Waals surface area contributed by atoms with Crippen molar-refractivity contribution in [2.24, 2.45) is 0 Å². The summed E-state index contributed by atoms with van der Waals surface area (Å²) in [7, 11) is 0. The zero-order chi connectivity index (χ0) is 15.4. The Balaban J connectivity index is 1.60. The molecular formula is C16H16N4O2. The molecule has 1 saturated heterocycles. The van der Waals surface area contributed by atoms with Crippen molar-refractivity contribution in [1.29, 1.82) is 0 Å². The van der Waals surface area contributed by atoms with Gasteiger partial charge in [0.1, 0.15) is 6.54 Å². The molecule has 1 aromatic carbocycles. The van der Waals surface area contributed by atoms with E-state index < -0.39 is 0 Å². The molecule has 1 fully saturated rings. The Morgan fingerprint density at radius 1 is 1.14 bits per heavy atom. The number of hydrogen-bond donors (Lipinski definition) is 1. The molecule has 0 aliphatic carbocycles. The zero-order valence-corrected chi connectivity index (χ0v) is 12.0. The van der Waals surface area contributed by atoms with E-state index in [1.165, 1.54) is 0 Å². The molecule has 112 valence electrons.